The average molecular weight is 287 g/mol. The van der Waals surface area contributed by atoms with Crippen LogP contribution in [0.5, 0.6) is 0 Å². The molecule has 0 atom stereocenters. The van der Waals surface area contributed by atoms with Crippen molar-refractivity contribution in [2.45, 2.75) is 0 Å². The second-order valence-electron chi connectivity index (χ2n) is 3.54. The van der Waals surface area contributed by atoms with Gasteiger partial charge in [-0.1, -0.05) is 60.7 Å². The molecule has 2 N–H and O–H groups in total. The molecule has 0 aliphatic heterocycles. The zero-order valence-electron chi connectivity index (χ0n) is 10.4. The molecule has 0 saturated heterocycles. The Kier molecular flexibility index (Phi) is 5.88. The molecule has 8 heteroatoms. The molecule has 0 unspecified atom stereocenters. The largest absolute Gasteiger partial charge is 0.307 e. The minimum absolute atomic E-state index is 0.545. The molecule has 0 aromatic heterocycles. The van der Waals surface area contributed by atoms with Crippen LogP contribution in [0.2, 0.25) is 0 Å². The highest BCUT2D eigenvalue weighted by Gasteiger charge is 2.25. The number of hydrogen-bond donors (Lipinski definition) is 2. The van der Waals surface area contributed by atoms with Gasteiger partial charge in [-0.2, -0.15) is 0 Å². The monoisotopic (exact) mass is 287 g/mol. The number of rotatable bonds is 3. The van der Waals surface area contributed by atoms with Gasteiger partial charge in [0.2, 0.25) is 12.2 Å². The lowest BCUT2D eigenvalue weighted by Crippen LogP contribution is -2.13. The Morgan fingerprint density at radius 2 is 1.25 bits per heavy atom. The fourth-order valence-electron chi connectivity index (χ4n) is 1.57. The molecule has 0 radical (unpaired) electrons. The molecular weight excluding hydrogens is 275 g/mol. The maximum atomic E-state index is 12.8. The van der Waals surface area contributed by atoms with Crippen LogP contribution in [0.1, 0.15) is 0 Å². The predicted molar refractivity (Wildman–Crippen MR) is 76.5 cm³/mol. The summed E-state index contributed by atoms with van der Waals surface area (Å²) in [5.74, 6) is 0. The zero-order chi connectivity index (χ0) is 14.8. The van der Waals surface area contributed by atoms with Gasteiger partial charge in [-0.25, -0.2) is 0 Å². The third kappa shape index (κ3) is 3.64. The van der Waals surface area contributed by atoms with Crippen molar-refractivity contribution in [2.75, 3.05) is 0 Å². The fraction of sp³-hybridized carbons (Fsp3) is 0. The van der Waals surface area contributed by atoms with Gasteiger partial charge < -0.3 is 4.57 Å². The predicted octanol–water partition coefficient (Wildman–Crippen LogP) is 3.34. The SMILES string of the molecule is N=[N+]=N.[N-]=[N+]=NP(=O)(c1ccccc1)c1ccccc1. The highest BCUT2D eigenvalue weighted by atomic mass is 31.2. The first-order chi connectivity index (χ1) is 9.69. The number of hydrogen-bond acceptors (Lipinski definition) is 3. The van der Waals surface area contributed by atoms with Crippen molar-refractivity contribution in [3.8, 4) is 0 Å². The fourth-order valence-corrected chi connectivity index (χ4v) is 3.34. The first-order valence-corrected chi connectivity index (χ1v) is 7.16. The van der Waals surface area contributed by atoms with Gasteiger partial charge in [0.15, 0.2) is 0 Å². The van der Waals surface area contributed by atoms with Crippen LogP contribution >= 0.6 is 7.29 Å². The molecule has 0 aliphatic carbocycles. The van der Waals surface area contributed by atoms with E-state index in [0.29, 0.717) is 10.6 Å². The summed E-state index contributed by atoms with van der Waals surface area (Å²) in [5, 5.41) is 1.09. The van der Waals surface area contributed by atoms with Crippen LogP contribution in [0.4, 0.5) is 0 Å². The van der Waals surface area contributed by atoms with Crippen molar-refractivity contribution < 1.29 is 4.57 Å². The molecule has 2 rings (SSSR count). The Morgan fingerprint density at radius 3 is 1.55 bits per heavy atom. The van der Waals surface area contributed by atoms with E-state index in [1.165, 1.54) is 0 Å². The maximum absolute atomic E-state index is 12.8. The molecule has 7 nitrogen and oxygen atoms in total. The van der Waals surface area contributed by atoms with Crippen LogP contribution in [-0.4, -0.2) is 0 Å². The normalized spacial score (nSPS) is 9.40. The number of benzene rings is 2. The van der Waals surface area contributed by atoms with Gasteiger partial charge in [0.25, 0.3) is 0 Å². The molecule has 2 aromatic rings. The molecule has 0 spiro atoms. The second-order valence-corrected chi connectivity index (χ2v) is 5.90. The van der Waals surface area contributed by atoms with E-state index in [9.17, 15) is 4.57 Å². The van der Waals surface area contributed by atoms with Gasteiger partial charge in [0.1, 0.15) is 11.1 Å². The average Bonchev–Trinajstić information content (AvgIpc) is 2.50. The van der Waals surface area contributed by atoms with E-state index in [4.69, 9.17) is 16.6 Å². The van der Waals surface area contributed by atoms with Crippen LogP contribution in [-0.2, 0) is 4.57 Å². The smallest absolute Gasteiger partial charge is 0.228 e. The van der Waals surface area contributed by atoms with E-state index in [1.54, 1.807) is 48.5 Å². The van der Waals surface area contributed by atoms with Gasteiger partial charge in [-0.15, -0.1) is 0 Å². The molecule has 0 bridgehead atoms. The van der Waals surface area contributed by atoms with Crippen LogP contribution in [0.3, 0.4) is 0 Å². The highest BCUT2D eigenvalue weighted by molar-refractivity contribution is 7.77. The van der Waals surface area contributed by atoms with Crippen molar-refractivity contribution in [1.29, 1.82) is 11.1 Å². The molecule has 100 valence electrons. The highest BCUT2D eigenvalue weighted by Crippen LogP contribution is 2.44. The molecule has 0 aliphatic rings. The molecule has 2 aromatic carbocycles. The Labute approximate surface area is 115 Å². The molecule has 20 heavy (non-hydrogen) atoms. The van der Waals surface area contributed by atoms with Gasteiger partial charge in [-0.3, -0.25) is 0 Å². The van der Waals surface area contributed by atoms with E-state index in [2.05, 4.69) is 9.80 Å². The van der Waals surface area contributed by atoms with Gasteiger partial charge in [-0.05, 0) is 10.4 Å². The Bertz CT molecular complexity index is 632. The van der Waals surface area contributed by atoms with Crippen LogP contribution in [0.25, 0.3) is 10.4 Å². The van der Waals surface area contributed by atoms with Crippen molar-refractivity contribution >= 4 is 17.9 Å². The van der Waals surface area contributed by atoms with Crippen LogP contribution in [0.15, 0.2) is 65.5 Å². The topological polar surface area (TPSA) is 128 Å². The molecule has 0 fully saturated rings. The zero-order valence-corrected chi connectivity index (χ0v) is 11.3. The van der Waals surface area contributed by atoms with E-state index in [0.717, 1.165) is 0 Å². The van der Waals surface area contributed by atoms with E-state index in [1.807, 2.05) is 17.0 Å². The van der Waals surface area contributed by atoms with Gasteiger partial charge >= 0.3 is 0 Å². The lowest BCUT2D eigenvalue weighted by molar-refractivity contribution is 0.588. The number of azide groups is 1. The van der Waals surface area contributed by atoms with E-state index < -0.39 is 7.29 Å². The van der Waals surface area contributed by atoms with Crippen LogP contribution < -0.4 is 15.5 Å². The first kappa shape index (κ1) is 15.3. The lowest BCUT2D eigenvalue weighted by atomic mass is 10.4. The third-order valence-electron chi connectivity index (χ3n) is 2.38. The Morgan fingerprint density at radius 1 is 0.900 bits per heavy atom. The van der Waals surface area contributed by atoms with E-state index in [-0.39, 0.29) is 0 Å². The lowest BCUT2D eigenvalue weighted by Gasteiger charge is -2.12. The summed E-state index contributed by atoms with van der Waals surface area (Å²) in [6.07, 6.45) is 0. The van der Waals surface area contributed by atoms with Gasteiger partial charge in [0, 0.05) is 15.5 Å². The van der Waals surface area contributed by atoms with Crippen LogP contribution in [0, 0.1) is 11.1 Å². The van der Waals surface area contributed by atoms with E-state index >= 15 is 0 Å². The summed E-state index contributed by atoms with van der Waals surface area (Å²) in [6, 6.07) is 17.6. The summed E-state index contributed by atoms with van der Waals surface area (Å²) in [5.41, 5.74) is 19.6. The van der Waals surface area contributed by atoms with Crippen molar-refractivity contribution in [3.63, 3.8) is 0 Å². The Balaban J connectivity index is 0.000000612. The summed E-state index contributed by atoms with van der Waals surface area (Å²) in [7, 11) is -3.22. The summed E-state index contributed by atoms with van der Waals surface area (Å²) in [6.45, 7) is 0. The van der Waals surface area contributed by atoms with Crippen molar-refractivity contribution in [2.24, 2.45) is 4.88 Å². The third-order valence-corrected chi connectivity index (χ3v) is 4.71. The molecular formula is C12H12N6OP+. The summed E-state index contributed by atoms with van der Waals surface area (Å²) in [4.78, 5) is 8.26. The minimum Gasteiger partial charge on any atom is -0.307 e. The maximum Gasteiger partial charge on any atom is 0.228 e. The quantitative estimate of drug-likeness (QED) is 0.381. The number of nitrogens with zero attached hydrogens (tertiary/aromatic N) is 4. The van der Waals surface area contributed by atoms with Crippen molar-refractivity contribution in [1.82, 2.24) is 4.91 Å². The van der Waals surface area contributed by atoms with Crippen molar-refractivity contribution in [3.05, 3.63) is 71.1 Å². The molecule has 0 amide bonds. The first-order valence-electron chi connectivity index (χ1n) is 5.50. The Hall–Kier alpha value is -2.71. The standard InChI is InChI=1S/C12H10N3OP.H2N3/c13-14-15-17(16,11-7-3-1-4-8-11)12-9-5-2-6-10-12;1-3-2/h1-10H;1-2H/q;+1. The second kappa shape index (κ2) is 7.67. The number of nitrogens with one attached hydrogen (secondary N) is 2. The summed E-state index contributed by atoms with van der Waals surface area (Å²) < 4.78 is 12.8. The molecule has 0 saturated carbocycles. The summed E-state index contributed by atoms with van der Waals surface area (Å²) >= 11 is 0. The molecule has 0 heterocycles. The van der Waals surface area contributed by atoms with Gasteiger partial charge in [0.05, 0.1) is 0 Å². The minimum atomic E-state index is -3.22.